The number of piperidine rings is 1. The number of aromatic nitrogens is 3. The van der Waals surface area contributed by atoms with Crippen LogP contribution < -0.4 is 11.1 Å². The largest absolute Gasteiger partial charge is 0.323 e. The Hall–Kier alpha value is -1.27. The van der Waals surface area contributed by atoms with Gasteiger partial charge in [-0.05, 0) is 44.2 Å². The molecule has 1 aliphatic heterocycles. The number of carbonyl (C=O) groups excluding carboxylic acids is 1. The molecule has 1 saturated heterocycles. The molecule has 1 fully saturated rings. The minimum atomic E-state index is -0.231. The highest BCUT2D eigenvalue weighted by Crippen LogP contribution is 2.29. The summed E-state index contributed by atoms with van der Waals surface area (Å²) in [4.78, 5) is 13.1. The van der Waals surface area contributed by atoms with Crippen LogP contribution in [0.2, 0.25) is 0 Å². The Morgan fingerprint density at radius 3 is 2.62 bits per heavy atom. The highest BCUT2D eigenvalue weighted by molar-refractivity contribution is 5.85. The minimum Gasteiger partial charge on any atom is -0.323 e. The fourth-order valence-corrected chi connectivity index (χ4v) is 3.47. The first-order chi connectivity index (χ1) is 11.4. The monoisotopic (exact) mass is 335 g/mol. The van der Waals surface area contributed by atoms with Crippen LogP contribution in [-0.4, -0.2) is 33.9 Å². The van der Waals surface area contributed by atoms with Crippen LogP contribution in [0.3, 0.4) is 0 Å². The Kier molecular flexibility index (Phi) is 6.92. The van der Waals surface area contributed by atoms with E-state index in [1.54, 1.807) is 4.68 Å². The van der Waals surface area contributed by atoms with Crippen molar-refractivity contribution in [1.29, 1.82) is 0 Å². The fraction of sp³-hybridized carbons (Fsp3) is 0.833. The molecule has 2 rings (SSSR count). The van der Waals surface area contributed by atoms with Crippen LogP contribution in [0.25, 0.3) is 0 Å². The van der Waals surface area contributed by atoms with E-state index in [1.165, 1.54) is 0 Å². The number of rotatable bonds is 8. The van der Waals surface area contributed by atoms with Crippen LogP contribution in [-0.2, 0) is 4.79 Å². The van der Waals surface area contributed by atoms with Crippen molar-refractivity contribution in [3.63, 3.8) is 0 Å². The van der Waals surface area contributed by atoms with Crippen molar-refractivity contribution < 1.29 is 4.79 Å². The SMILES string of the molecule is CC[C@H](C)[C@@H](C(=O)C1CCNCC1)n1cc([C@@H](N)CC(C)C)nn1. The third kappa shape index (κ3) is 4.63. The summed E-state index contributed by atoms with van der Waals surface area (Å²) in [6, 6.07) is -0.351. The molecule has 1 aromatic heterocycles. The molecule has 0 aromatic carbocycles. The van der Waals surface area contributed by atoms with Crippen molar-refractivity contribution in [3.8, 4) is 0 Å². The van der Waals surface area contributed by atoms with E-state index in [2.05, 4.69) is 43.3 Å². The van der Waals surface area contributed by atoms with Gasteiger partial charge in [-0.25, -0.2) is 4.68 Å². The van der Waals surface area contributed by atoms with Crippen molar-refractivity contribution in [1.82, 2.24) is 20.3 Å². The molecule has 0 amide bonds. The fourth-order valence-electron chi connectivity index (χ4n) is 3.47. The van der Waals surface area contributed by atoms with Crippen LogP contribution in [0.5, 0.6) is 0 Å². The summed E-state index contributed by atoms with van der Waals surface area (Å²) < 4.78 is 1.77. The second-order valence-corrected chi connectivity index (χ2v) is 7.62. The second kappa shape index (κ2) is 8.72. The molecule has 1 aromatic rings. The van der Waals surface area contributed by atoms with E-state index in [0.717, 1.165) is 44.5 Å². The number of nitrogens with zero attached hydrogens (tertiary/aromatic N) is 3. The van der Waals surface area contributed by atoms with Gasteiger partial charge in [0, 0.05) is 5.92 Å². The summed E-state index contributed by atoms with van der Waals surface area (Å²) in [5.74, 6) is 1.18. The molecular weight excluding hydrogens is 302 g/mol. The molecule has 2 heterocycles. The lowest BCUT2D eigenvalue weighted by atomic mass is 9.84. The van der Waals surface area contributed by atoms with E-state index < -0.39 is 0 Å². The zero-order valence-corrected chi connectivity index (χ0v) is 15.5. The quantitative estimate of drug-likeness (QED) is 0.762. The summed E-state index contributed by atoms with van der Waals surface area (Å²) in [7, 11) is 0. The number of hydrogen-bond acceptors (Lipinski definition) is 5. The van der Waals surface area contributed by atoms with Gasteiger partial charge in [-0.3, -0.25) is 4.79 Å². The molecule has 24 heavy (non-hydrogen) atoms. The molecular formula is C18H33N5O. The zero-order valence-electron chi connectivity index (χ0n) is 15.5. The maximum Gasteiger partial charge on any atom is 0.160 e. The third-order valence-electron chi connectivity index (χ3n) is 5.13. The van der Waals surface area contributed by atoms with Crippen LogP contribution >= 0.6 is 0 Å². The molecule has 0 aliphatic carbocycles. The predicted molar refractivity (Wildman–Crippen MR) is 95.5 cm³/mol. The molecule has 0 radical (unpaired) electrons. The van der Waals surface area contributed by atoms with Gasteiger partial charge in [-0.15, -0.1) is 5.10 Å². The highest BCUT2D eigenvalue weighted by atomic mass is 16.1. The second-order valence-electron chi connectivity index (χ2n) is 7.62. The summed E-state index contributed by atoms with van der Waals surface area (Å²) in [5.41, 5.74) is 7.02. The maximum absolute atomic E-state index is 13.1. The lowest BCUT2D eigenvalue weighted by Gasteiger charge is -2.28. The van der Waals surface area contributed by atoms with Gasteiger partial charge in [0.05, 0.1) is 17.9 Å². The molecule has 1 aliphatic rings. The number of nitrogens with one attached hydrogen (secondary N) is 1. The van der Waals surface area contributed by atoms with Crippen LogP contribution in [0.1, 0.15) is 71.2 Å². The number of ketones is 1. The van der Waals surface area contributed by atoms with Crippen LogP contribution in [0, 0.1) is 17.8 Å². The van der Waals surface area contributed by atoms with E-state index >= 15 is 0 Å². The van der Waals surface area contributed by atoms with E-state index in [9.17, 15) is 4.79 Å². The minimum absolute atomic E-state index is 0.120. The van der Waals surface area contributed by atoms with E-state index in [1.807, 2.05) is 6.20 Å². The topological polar surface area (TPSA) is 85.8 Å². The lowest BCUT2D eigenvalue weighted by Crippen LogP contribution is -2.37. The van der Waals surface area contributed by atoms with Crippen molar-refractivity contribution in [2.75, 3.05) is 13.1 Å². The molecule has 3 atom stereocenters. The van der Waals surface area contributed by atoms with Crippen molar-refractivity contribution in [2.45, 2.75) is 65.5 Å². The van der Waals surface area contributed by atoms with Gasteiger partial charge in [0.2, 0.25) is 0 Å². The van der Waals surface area contributed by atoms with E-state index in [4.69, 9.17) is 5.73 Å². The van der Waals surface area contributed by atoms with Gasteiger partial charge in [0.1, 0.15) is 6.04 Å². The van der Waals surface area contributed by atoms with E-state index in [0.29, 0.717) is 11.7 Å². The van der Waals surface area contributed by atoms with Gasteiger partial charge in [-0.2, -0.15) is 0 Å². The summed E-state index contributed by atoms with van der Waals surface area (Å²) in [6.45, 7) is 10.4. The Bertz CT molecular complexity index is 521. The summed E-state index contributed by atoms with van der Waals surface area (Å²) >= 11 is 0. The average molecular weight is 335 g/mol. The number of nitrogens with two attached hydrogens (primary N) is 1. The standard InChI is InChI=1S/C18H33N5O/c1-5-13(4)17(18(24)14-6-8-20-9-7-14)23-11-16(21-22-23)15(19)10-12(2)3/h11-15,17,20H,5-10,19H2,1-4H3/t13-,15-,17-/m0/s1. The number of hydrogen-bond donors (Lipinski definition) is 2. The van der Waals surface area contributed by atoms with Gasteiger partial charge >= 0.3 is 0 Å². The molecule has 6 heteroatoms. The smallest absolute Gasteiger partial charge is 0.160 e. The molecule has 6 nitrogen and oxygen atoms in total. The zero-order chi connectivity index (χ0) is 17.7. The first kappa shape index (κ1) is 19.1. The normalized spacial score (nSPS) is 20.1. The summed E-state index contributed by atoms with van der Waals surface area (Å²) in [6.07, 6.45) is 5.53. The Morgan fingerprint density at radius 1 is 1.38 bits per heavy atom. The molecule has 136 valence electrons. The molecule has 0 saturated carbocycles. The molecule has 0 bridgehead atoms. The average Bonchev–Trinajstić information content (AvgIpc) is 3.04. The predicted octanol–water partition coefficient (Wildman–Crippen LogP) is 2.48. The van der Waals surface area contributed by atoms with Gasteiger partial charge in [0.15, 0.2) is 5.78 Å². The van der Waals surface area contributed by atoms with Crippen LogP contribution in [0.4, 0.5) is 0 Å². The van der Waals surface area contributed by atoms with Crippen LogP contribution in [0.15, 0.2) is 6.20 Å². The van der Waals surface area contributed by atoms with Crippen molar-refractivity contribution in [3.05, 3.63) is 11.9 Å². The number of carbonyl (C=O) groups is 1. The Morgan fingerprint density at radius 2 is 2.04 bits per heavy atom. The Balaban J connectivity index is 2.18. The maximum atomic E-state index is 13.1. The van der Waals surface area contributed by atoms with Gasteiger partial charge in [-0.1, -0.05) is 39.3 Å². The summed E-state index contributed by atoms with van der Waals surface area (Å²) in [5, 5.41) is 11.9. The number of Topliss-reactive ketones (excluding diaryl/α,β-unsaturated/α-hetero) is 1. The first-order valence-corrected chi connectivity index (χ1v) is 9.35. The third-order valence-corrected chi connectivity index (χ3v) is 5.13. The lowest BCUT2D eigenvalue weighted by molar-refractivity contribution is -0.128. The van der Waals surface area contributed by atoms with Crippen molar-refractivity contribution in [2.24, 2.45) is 23.5 Å². The van der Waals surface area contributed by atoms with Gasteiger partial charge < -0.3 is 11.1 Å². The first-order valence-electron chi connectivity index (χ1n) is 9.35. The van der Waals surface area contributed by atoms with Gasteiger partial charge in [0.25, 0.3) is 0 Å². The highest BCUT2D eigenvalue weighted by Gasteiger charge is 2.33. The van der Waals surface area contributed by atoms with E-state index in [-0.39, 0.29) is 23.9 Å². The Labute approximate surface area is 145 Å². The molecule has 0 spiro atoms. The molecule has 3 N–H and O–H groups in total. The van der Waals surface area contributed by atoms with Crippen molar-refractivity contribution >= 4 is 5.78 Å². The molecule has 0 unspecified atom stereocenters.